The van der Waals surface area contributed by atoms with Gasteiger partial charge >= 0.3 is 0 Å². The molecule has 0 radical (unpaired) electrons. The molecule has 2 aliphatic rings. The number of rotatable bonds is 3. The van der Waals surface area contributed by atoms with Crippen molar-refractivity contribution in [2.24, 2.45) is 5.92 Å². The first-order valence-electron chi connectivity index (χ1n) is 7.03. The molecule has 5 heteroatoms. The van der Waals surface area contributed by atoms with Crippen molar-refractivity contribution < 1.29 is 4.79 Å². The minimum absolute atomic E-state index is 0.108. The molecule has 3 nitrogen and oxygen atoms in total. The van der Waals surface area contributed by atoms with Crippen molar-refractivity contribution >= 4 is 28.8 Å². The Morgan fingerprint density at radius 1 is 1.47 bits per heavy atom. The lowest BCUT2D eigenvalue weighted by Gasteiger charge is -2.22. The van der Waals surface area contributed by atoms with E-state index in [1.807, 2.05) is 4.90 Å². The molecule has 2 heterocycles. The lowest BCUT2D eigenvalue weighted by Crippen LogP contribution is -2.28. The Balaban J connectivity index is 1.78. The topological polar surface area (TPSA) is 33.2 Å². The number of nitrogens with zero attached hydrogens (tertiary/aromatic N) is 2. The fourth-order valence-electron chi connectivity index (χ4n) is 2.97. The maximum atomic E-state index is 12.0. The van der Waals surface area contributed by atoms with E-state index in [9.17, 15) is 4.79 Å². The zero-order valence-corrected chi connectivity index (χ0v) is 12.8. The van der Waals surface area contributed by atoms with E-state index < -0.39 is 0 Å². The summed E-state index contributed by atoms with van der Waals surface area (Å²) in [5, 5.41) is 1.11. The Morgan fingerprint density at radius 3 is 2.95 bits per heavy atom. The third kappa shape index (κ3) is 2.52. The number of aryl methyl sites for hydroxylation is 2. The number of amides is 1. The second kappa shape index (κ2) is 5.41. The molecule has 0 N–H and O–H groups in total. The molecule has 2 atom stereocenters. The number of carbonyl (C=O) groups is 1. The lowest BCUT2D eigenvalue weighted by atomic mass is 10.0. The molecule has 0 aromatic carbocycles. The van der Waals surface area contributed by atoms with E-state index in [1.165, 1.54) is 23.4 Å². The number of hydrogen-bond donors (Lipinski definition) is 0. The zero-order valence-electron chi connectivity index (χ0n) is 11.2. The van der Waals surface area contributed by atoms with Gasteiger partial charge in [-0.25, -0.2) is 4.98 Å². The molecule has 1 amide bonds. The molecule has 0 saturated carbocycles. The van der Waals surface area contributed by atoms with Crippen LogP contribution < -0.4 is 0 Å². The van der Waals surface area contributed by atoms with Crippen LogP contribution in [0.3, 0.4) is 0 Å². The van der Waals surface area contributed by atoms with Crippen LogP contribution in [0.25, 0.3) is 0 Å². The number of hydrogen-bond acceptors (Lipinski definition) is 3. The summed E-state index contributed by atoms with van der Waals surface area (Å²) < 4.78 is 0. The van der Waals surface area contributed by atoms with Gasteiger partial charge in [-0.05, 0) is 38.5 Å². The summed E-state index contributed by atoms with van der Waals surface area (Å²) in [4.78, 5) is 20.2. The van der Waals surface area contributed by atoms with E-state index >= 15 is 0 Å². The van der Waals surface area contributed by atoms with Gasteiger partial charge in [-0.1, -0.05) is 0 Å². The summed E-state index contributed by atoms with van der Waals surface area (Å²) in [6.07, 6.45) is 5.40. The van der Waals surface area contributed by atoms with Crippen LogP contribution >= 0.6 is 22.9 Å². The molecule has 1 fully saturated rings. The van der Waals surface area contributed by atoms with Crippen LogP contribution in [0.15, 0.2) is 0 Å². The maximum Gasteiger partial charge on any atom is 0.223 e. The molecule has 1 aromatic rings. The van der Waals surface area contributed by atoms with Gasteiger partial charge in [0, 0.05) is 23.7 Å². The van der Waals surface area contributed by atoms with Crippen LogP contribution in [0.1, 0.15) is 47.8 Å². The van der Waals surface area contributed by atoms with Crippen molar-refractivity contribution in [3.8, 4) is 0 Å². The fraction of sp³-hybridized carbons (Fsp3) is 0.714. The van der Waals surface area contributed by atoms with E-state index in [0.29, 0.717) is 18.2 Å². The highest BCUT2D eigenvalue weighted by Crippen LogP contribution is 2.34. The third-order valence-electron chi connectivity index (χ3n) is 4.14. The van der Waals surface area contributed by atoms with Crippen LogP contribution in [0, 0.1) is 5.92 Å². The van der Waals surface area contributed by atoms with Crippen LogP contribution in [0.5, 0.6) is 0 Å². The van der Waals surface area contributed by atoms with Crippen LogP contribution in [-0.2, 0) is 17.6 Å². The summed E-state index contributed by atoms with van der Waals surface area (Å²) in [5.74, 6) is 1.11. The molecular weight excluding hydrogens is 280 g/mol. The van der Waals surface area contributed by atoms with Gasteiger partial charge in [0.25, 0.3) is 0 Å². The maximum absolute atomic E-state index is 12.0. The van der Waals surface area contributed by atoms with Crippen molar-refractivity contribution in [2.45, 2.75) is 45.1 Å². The Bertz CT molecular complexity index is 464. The van der Waals surface area contributed by atoms with Crippen LogP contribution in [0.2, 0.25) is 0 Å². The molecule has 19 heavy (non-hydrogen) atoms. The van der Waals surface area contributed by atoms with Gasteiger partial charge in [-0.15, -0.1) is 22.9 Å². The molecule has 1 aliphatic carbocycles. The van der Waals surface area contributed by atoms with Crippen molar-refractivity contribution in [1.82, 2.24) is 9.88 Å². The van der Waals surface area contributed by atoms with Gasteiger partial charge in [-0.3, -0.25) is 4.79 Å². The Labute approximate surface area is 123 Å². The highest BCUT2D eigenvalue weighted by molar-refractivity contribution is 7.11. The molecule has 1 saturated heterocycles. The molecule has 2 unspecified atom stereocenters. The Hall–Kier alpha value is -0.610. The molecule has 1 aliphatic heterocycles. The van der Waals surface area contributed by atoms with E-state index in [1.54, 1.807) is 11.3 Å². The number of carbonyl (C=O) groups excluding carboxylic acids is 1. The highest BCUT2D eigenvalue weighted by atomic mass is 35.5. The zero-order chi connectivity index (χ0) is 13.4. The van der Waals surface area contributed by atoms with Crippen molar-refractivity contribution in [3.05, 3.63) is 15.6 Å². The normalized spacial score (nSPS) is 24.6. The number of likely N-dealkylation sites (tertiary alicyclic amines) is 1. The number of fused-ring (bicyclic) bond motifs is 1. The first-order valence-corrected chi connectivity index (χ1v) is 8.38. The van der Waals surface area contributed by atoms with E-state index in [0.717, 1.165) is 24.4 Å². The second-order valence-corrected chi connectivity index (χ2v) is 7.00. The third-order valence-corrected chi connectivity index (χ3v) is 5.91. The number of alkyl halides is 1. The van der Waals surface area contributed by atoms with E-state index in [4.69, 9.17) is 16.6 Å². The smallest absolute Gasteiger partial charge is 0.223 e. The molecule has 104 valence electrons. The molecule has 1 aromatic heterocycles. The summed E-state index contributed by atoms with van der Waals surface area (Å²) in [7, 11) is 0. The summed E-state index contributed by atoms with van der Waals surface area (Å²) in [6, 6.07) is 0.108. The predicted molar refractivity (Wildman–Crippen MR) is 77.7 cm³/mol. The second-order valence-electron chi connectivity index (χ2n) is 5.58. The molecule has 0 bridgehead atoms. The Kier molecular flexibility index (Phi) is 3.81. The minimum atomic E-state index is 0.108. The summed E-state index contributed by atoms with van der Waals surface area (Å²) in [5.41, 5.74) is 1.28. The van der Waals surface area contributed by atoms with Gasteiger partial charge in [0.2, 0.25) is 5.91 Å². The largest absolute Gasteiger partial charge is 0.333 e. The number of thiazole rings is 1. The van der Waals surface area contributed by atoms with Gasteiger partial charge in [-0.2, -0.15) is 0 Å². The summed E-state index contributed by atoms with van der Waals surface area (Å²) in [6.45, 7) is 2.88. The molecular formula is C14H19ClN2OS. The first-order chi connectivity index (χ1) is 9.19. The molecule has 0 spiro atoms. The van der Waals surface area contributed by atoms with Gasteiger partial charge in [0.05, 0.1) is 11.7 Å². The first kappa shape index (κ1) is 13.4. The molecule has 3 rings (SSSR count). The van der Waals surface area contributed by atoms with Crippen LogP contribution in [0.4, 0.5) is 0 Å². The Morgan fingerprint density at radius 2 is 2.26 bits per heavy atom. The lowest BCUT2D eigenvalue weighted by molar-refractivity contribution is -0.129. The fourth-order valence-corrected chi connectivity index (χ4v) is 4.39. The summed E-state index contributed by atoms with van der Waals surface area (Å²) >= 11 is 7.68. The number of aromatic nitrogens is 1. The van der Waals surface area contributed by atoms with Gasteiger partial charge < -0.3 is 4.90 Å². The van der Waals surface area contributed by atoms with E-state index in [-0.39, 0.29) is 11.9 Å². The number of halogens is 1. The highest BCUT2D eigenvalue weighted by Gasteiger charge is 2.34. The van der Waals surface area contributed by atoms with Gasteiger partial charge in [0.1, 0.15) is 5.01 Å². The van der Waals surface area contributed by atoms with Crippen molar-refractivity contribution in [3.63, 3.8) is 0 Å². The SMILES string of the molecule is CC(c1nc2c(s1)CCCC2)N1CC(CCl)CC1=O. The van der Waals surface area contributed by atoms with E-state index in [2.05, 4.69) is 6.92 Å². The van der Waals surface area contributed by atoms with Gasteiger partial charge in [0.15, 0.2) is 0 Å². The minimum Gasteiger partial charge on any atom is -0.333 e. The quantitative estimate of drug-likeness (QED) is 0.803. The monoisotopic (exact) mass is 298 g/mol. The van der Waals surface area contributed by atoms with Crippen LogP contribution in [-0.4, -0.2) is 28.2 Å². The standard InChI is InChI=1S/C14H19ClN2OS/c1-9(17-8-10(7-15)6-13(17)18)14-16-11-4-2-3-5-12(11)19-14/h9-10H,2-8H2,1H3. The van der Waals surface area contributed by atoms with Crippen molar-refractivity contribution in [1.29, 1.82) is 0 Å². The average Bonchev–Trinajstić information content (AvgIpc) is 3.01. The van der Waals surface area contributed by atoms with Crippen molar-refractivity contribution in [2.75, 3.05) is 12.4 Å². The average molecular weight is 299 g/mol. The predicted octanol–water partition coefficient (Wildman–Crippen LogP) is 3.17.